The number of hydrogen-bond acceptors (Lipinski definition) is 2. The summed E-state index contributed by atoms with van der Waals surface area (Å²) in [6.07, 6.45) is 0.569. The fraction of sp³-hybridized carbons (Fsp3) is 0.455. The Labute approximate surface area is 130 Å². The van der Waals surface area contributed by atoms with Crippen LogP contribution < -0.4 is 4.72 Å². The van der Waals surface area contributed by atoms with Crippen LogP contribution in [0.5, 0.6) is 0 Å². The quantitative estimate of drug-likeness (QED) is 0.608. The van der Waals surface area contributed by atoms with Gasteiger partial charge >= 0.3 is 0 Å². The van der Waals surface area contributed by atoms with Crippen LogP contribution in [0.25, 0.3) is 0 Å². The molecule has 0 bridgehead atoms. The first kappa shape index (κ1) is 17.2. The zero-order chi connectivity index (χ0) is 14.8. The molecule has 1 N–H and O–H groups in total. The maximum atomic E-state index is 13.5. The molecule has 0 fully saturated rings. The first-order chi connectivity index (χ1) is 8.60. The standard InChI is InChI=1S/C11H13BrCl2FNO2S/c1-11(2,5-6-12)16-19(17,18)8-4-3-7(13)10(15)9(8)14/h3-4,16H,5-6H2,1-2H3. The summed E-state index contributed by atoms with van der Waals surface area (Å²) in [5.41, 5.74) is -0.679. The minimum absolute atomic E-state index is 0.219. The number of halogens is 4. The van der Waals surface area contributed by atoms with Crippen molar-refractivity contribution >= 4 is 49.2 Å². The molecule has 0 atom stereocenters. The Bertz CT molecular complexity index is 578. The number of nitrogens with one attached hydrogen (secondary N) is 1. The molecule has 1 aromatic rings. The van der Waals surface area contributed by atoms with E-state index in [2.05, 4.69) is 20.7 Å². The molecular formula is C11H13BrCl2FNO2S. The van der Waals surface area contributed by atoms with E-state index in [9.17, 15) is 12.8 Å². The van der Waals surface area contributed by atoms with Crippen molar-refractivity contribution in [1.29, 1.82) is 0 Å². The number of sulfonamides is 1. The second-order valence-electron chi connectivity index (χ2n) is 4.60. The molecule has 0 spiro atoms. The van der Waals surface area contributed by atoms with Crippen LogP contribution >= 0.6 is 39.1 Å². The Balaban J connectivity index is 3.19. The summed E-state index contributed by atoms with van der Waals surface area (Å²) < 4.78 is 40.4. The van der Waals surface area contributed by atoms with Crippen LogP contribution in [0.1, 0.15) is 20.3 Å². The minimum atomic E-state index is -3.91. The van der Waals surface area contributed by atoms with E-state index < -0.39 is 26.4 Å². The van der Waals surface area contributed by atoms with Gasteiger partial charge in [0.25, 0.3) is 0 Å². The molecule has 1 rings (SSSR count). The maximum absolute atomic E-state index is 13.5. The van der Waals surface area contributed by atoms with Crippen LogP contribution in [0.2, 0.25) is 10.0 Å². The number of alkyl halides is 1. The molecule has 3 nitrogen and oxygen atoms in total. The van der Waals surface area contributed by atoms with Crippen molar-refractivity contribution in [2.24, 2.45) is 0 Å². The van der Waals surface area contributed by atoms with Crippen LogP contribution in [0.15, 0.2) is 17.0 Å². The van der Waals surface area contributed by atoms with E-state index in [4.69, 9.17) is 23.2 Å². The minimum Gasteiger partial charge on any atom is -0.207 e. The predicted molar refractivity (Wildman–Crippen MR) is 79.2 cm³/mol. The molecule has 0 radical (unpaired) electrons. The van der Waals surface area contributed by atoms with Gasteiger partial charge in [0.1, 0.15) is 4.90 Å². The molecule has 0 aliphatic rings. The van der Waals surface area contributed by atoms with E-state index in [1.807, 2.05) is 0 Å². The highest BCUT2D eigenvalue weighted by Gasteiger charge is 2.28. The summed E-state index contributed by atoms with van der Waals surface area (Å²) in [7, 11) is -3.91. The van der Waals surface area contributed by atoms with Crippen molar-refractivity contribution in [3.05, 3.63) is 28.0 Å². The van der Waals surface area contributed by atoms with Crippen LogP contribution in [0, 0.1) is 5.82 Å². The summed E-state index contributed by atoms with van der Waals surface area (Å²) in [6.45, 7) is 3.46. The van der Waals surface area contributed by atoms with Crippen molar-refractivity contribution in [3.63, 3.8) is 0 Å². The average Bonchev–Trinajstić information content (AvgIpc) is 2.23. The lowest BCUT2D eigenvalue weighted by atomic mass is 10.0. The smallest absolute Gasteiger partial charge is 0.207 e. The van der Waals surface area contributed by atoms with Crippen molar-refractivity contribution in [2.75, 3.05) is 5.33 Å². The molecule has 8 heteroatoms. The molecule has 0 saturated heterocycles. The van der Waals surface area contributed by atoms with Gasteiger partial charge in [-0.05, 0) is 32.4 Å². The number of hydrogen-bond donors (Lipinski definition) is 1. The van der Waals surface area contributed by atoms with E-state index in [1.54, 1.807) is 13.8 Å². The Kier molecular flexibility index (Phi) is 5.66. The normalized spacial score (nSPS) is 12.7. The Morgan fingerprint density at radius 3 is 2.47 bits per heavy atom. The van der Waals surface area contributed by atoms with Crippen molar-refractivity contribution in [2.45, 2.75) is 30.7 Å². The third kappa shape index (κ3) is 4.29. The highest BCUT2D eigenvalue weighted by Crippen LogP contribution is 2.30. The number of benzene rings is 1. The Morgan fingerprint density at radius 1 is 1.37 bits per heavy atom. The Morgan fingerprint density at radius 2 is 1.95 bits per heavy atom. The second kappa shape index (κ2) is 6.26. The summed E-state index contributed by atoms with van der Waals surface area (Å²) in [6, 6.07) is 2.34. The van der Waals surface area contributed by atoms with Crippen LogP contribution in [-0.2, 0) is 10.0 Å². The van der Waals surface area contributed by atoms with Crippen molar-refractivity contribution in [3.8, 4) is 0 Å². The van der Waals surface area contributed by atoms with E-state index in [-0.39, 0.29) is 9.92 Å². The lowest BCUT2D eigenvalue weighted by molar-refractivity contribution is 0.443. The maximum Gasteiger partial charge on any atom is 0.242 e. The summed E-state index contributed by atoms with van der Waals surface area (Å²) in [4.78, 5) is -0.321. The highest BCUT2D eigenvalue weighted by atomic mass is 79.9. The third-order valence-electron chi connectivity index (χ3n) is 2.42. The molecule has 0 aliphatic carbocycles. The van der Waals surface area contributed by atoms with Gasteiger partial charge in [-0.25, -0.2) is 17.5 Å². The molecule has 0 heterocycles. The lowest BCUT2D eigenvalue weighted by Gasteiger charge is -2.25. The van der Waals surface area contributed by atoms with Gasteiger partial charge in [-0.3, -0.25) is 0 Å². The van der Waals surface area contributed by atoms with Crippen molar-refractivity contribution < 1.29 is 12.8 Å². The topological polar surface area (TPSA) is 46.2 Å². The average molecular weight is 393 g/mol. The molecule has 108 valence electrons. The van der Waals surface area contributed by atoms with Crippen molar-refractivity contribution in [1.82, 2.24) is 4.72 Å². The molecule has 0 aliphatic heterocycles. The van der Waals surface area contributed by atoms with E-state index in [1.165, 1.54) is 6.07 Å². The molecule has 0 saturated carbocycles. The van der Waals surface area contributed by atoms with E-state index in [0.717, 1.165) is 6.07 Å². The first-order valence-corrected chi connectivity index (χ1v) is 8.70. The summed E-state index contributed by atoms with van der Waals surface area (Å²) in [5, 5.41) is -0.0936. The highest BCUT2D eigenvalue weighted by molar-refractivity contribution is 9.09. The van der Waals surface area contributed by atoms with Gasteiger partial charge in [0.2, 0.25) is 10.0 Å². The largest absolute Gasteiger partial charge is 0.242 e. The zero-order valence-corrected chi connectivity index (χ0v) is 14.2. The molecule has 0 aromatic heterocycles. The molecule has 0 amide bonds. The fourth-order valence-electron chi connectivity index (χ4n) is 1.42. The predicted octanol–water partition coefficient (Wildman–Crippen LogP) is 3.97. The van der Waals surface area contributed by atoms with Gasteiger partial charge in [-0.1, -0.05) is 39.1 Å². The van der Waals surface area contributed by atoms with E-state index >= 15 is 0 Å². The SMILES string of the molecule is CC(C)(CCBr)NS(=O)(=O)c1ccc(Cl)c(F)c1Cl. The van der Waals surface area contributed by atoms with Gasteiger partial charge in [0, 0.05) is 10.9 Å². The first-order valence-electron chi connectivity index (χ1n) is 5.34. The molecular weight excluding hydrogens is 380 g/mol. The zero-order valence-electron chi connectivity index (χ0n) is 10.3. The van der Waals surface area contributed by atoms with Gasteiger partial charge in [-0.2, -0.15) is 0 Å². The summed E-state index contributed by atoms with van der Waals surface area (Å²) in [5.74, 6) is -0.940. The van der Waals surface area contributed by atoms with Crippen LogP contribution in [0.4, 0.5) is 4.39 Å². The van der Waals surface area contributed by atoms with Gasteiger partial charge in [0.15, 0.2) is 5.82 Å². The fourth-order valence-corrected chi connectivity index (χ4v) is 4.60. The second-order valence-corrected chi connectivity index (χ2v) is 7.83. The summed E-state index contributed by atoms with van der Waals surface area (Å²) >= 11 is 14.5. The van der Waals surface area contributed by atoms with Gasteiger partial charge < -0.3 is 0 Å². The number of rotatable bonds is 5. The lowest BCUT2D eigenvalue weighted by Crippen LogP contribution is -2.43. The van der Waals surface area contributed by atoms with Crippen LogP contribution in [-0.4, -0.2) is 19.3 Å². The molecule has 0 unspecified atom stereocenters. The van der Waals surface area contributed by atoms with Gasteiger partial charge in [0.05, 0.1) is 10.0 Å². The molecule has 1 aromatic carbocycles. The van der Waals surface area contributed by atoms with Gasteiger partial charge in [-0.15, -0.1) is 0 Å². The van der Waals surface area contributed by atoms with E-state index in [0.29, 0.717) is 11.8 Å². The Hall–Kier alpha value is 0.120. The monoisotopic (exact) mass is 391 g/mol. The van der Waals surface area contributed by atoms with Crippen LogP contribution in [0.3, 0.4) is 0 Å². The molecule has 19 heavy (non-hydrogen) atoms. The third-order valence-corrected chi connectivity index (χ3v) is 5.33.